The summed E-state index contributed by atoms with van der Waals surface area (Å²) in [6, 6.07) is 15.2. The lowest BCUT2D eigenvalue weighted by molar-refractivity contribution is 0.0945. The van der Waals surface area contributed by atoms with Crippen molar-refractivity contribution in [2.24, 2.45) is 0 Å². The number of para-hydroxylation sites is 1. The Labute approximate surface area is 162 Å². The quantitative estimate of drug-likeness (QED) is 0.656. The molecule has 2 aromatic carbocycles. The minimum absolute atomic E-state index is 0.261. The third-order valence-electron chi connectivity index (χ3n) is 4.08. The largest absolute Gasteiger partial charge is 0.496 e. The summed E-state index contributed by atoms with van der Waals surface area (Å²) in [4.78, 5) is 21.1. The molecule has 2 N–H and O–H groups in total. The fourth-order valence-corrected chi connectivity index (χ4v) is 2.66. The Bertz CT molecular complexity index is 961. The molecular weight excluding hydrogens is 359 g/mol. The normalized spacial score (nSPS) is 10.4. The van der Waals surface area contributed by atoms with Gasteiger partial charge in [-0.05, 0) is 36.8 Å². The Morgan fingerprint density at radius 2 is 1.82 bits per heavy atom. The first kappa shape index (κ1) is 19.3. The smallest absolute Gasteiger partial charge is 0.270 e. The van der Waals surface area contributed by atoms with Gasteiger partial charge in [-0.15, -0.1) is 0 Å². The Kier molecular flexibility index (Phi) is 6.16. The number of carbonyl (C=O) groups is 1. The summed E-state index contributed by atoms with van der Waals surface area (Å²) >= 11 is 0. The molecule has 0 spiro atoms. The molecule has 1 heterocycles. The summed E-state index contributed by atoms with van der Waals surface area (Å²) < 4.78 is 18.3. The maximum Gasteiger partial charge on any atom is 0.270 e. The van der Waals surface area contributed by atoms with Crippen LogP contribution in [0.4, 0.5) is 10.3 Å². The average Bonchev–Trinajstić information content (AvgIpc) is 2.71. The van der Waals surface area contributed by atoms with Gasteiger partial charge in [-0.3, -0.25) is 4.79 Å². The van der Waals surface area contributed by atoms with E-state index >= 15 is 0 Å². The summed E-state index contributed by atoms with van der Waals surface area (Å²) in [5, 5.41) is 5.91. The first-order valence-corrected chi connectivity index (χ1v) is 8.79. The Balaban J connectivity index is 1.66. The highest BCUT2D eigenvalue weighted by Crippen LogP contribution is 2.18. The maximum absolute atomic E-state index is 13.0. The highest BCUT2D eigenvalue weighted by Gasteiger charge is 2.11. The van der Waals surface area contributed by atoms with E-state index in [1.165, 1.54) is 12.1 Å². The Morgan fingerprint density at radius 3 is 2.57 bits per heavy atom. The molecule has 0 bridgehead atoms. The number of carbonyl (C=O) groups excluding carboxylic acids is 1. The SMILES string of the molecule is COc1ccccc1CNc1nc(C)cc(C(=O)NCc2ccc(F)cc2)n1. The van der Waals surface area contributed by atoms with Crippen LogP contribution in [0.3, 0.4) is 0 Å². The van der Waals surface area contributed by atoms with Crippen LogP contribution < -0.4 is 15.4 Å². The van der Waals surface area contributed by atoms with Crippen molar-refractivity contribution < 1.29 is 13.9 Å². The molecule has 0 saturated heterocycles. The monoisotopic (exact) mass is 380 g/mol. The molecule has 0 saturated carbocycles. The molecule has 6 nitrogen and oxygen atoms in total. The van der Waals surface area contributed by atoms with E-state index in [9.17, 15) is 9.18 Å². The topological polar surface area (TPSA) is 76.1 Å². The fraction of sp³-hybridized carbons (Fsp3) is 0.190. The van der Waals surface area contributed by atoms with Gasteiger partial charge in [0.2, 0.25) is 5.95 Å². The predicted octanol–water partition coefficient (Wildman–Crippen LogP) is 3.47. The van der Waals surface area contributed by atoms with Crippen molar-refractivity contribution in [1.29, 1.82) is 0 Å². The van der Waals surface area contributed by atoms with E-state index in [1.54, 1.807) is 32.2 Å². The Morgan fingerprint density at radius 1 is 1.07 bits per heavy atom. The molecule has 28 heavy (non-hydrogen) atoms. The van der Waals surface area contributed by atoms with Gasteiger partial charge in [0.1, 0.15) is 17.3 Å². The standard InChI is InChI=1S/C21H21FN4O2/c1-14-11-18(20(27)23-12-15-7-9-17(22)10-8-15)26-21(25-14)24-13-16-5-3-4-6-19(16)28-2/h3-11H,12-13H2,1-2H3,(H,23,27)(H,24,25,26). The van der Waals surface area contributed by atoms with E-state index < -0.39 is 0 Å². The summed E-state index contributed by atoms with van der Waals surface area (Å²) in [6.45, 7) is 2.54. The van der Waals surface area contributed by atoms with E-state index in [0.29, 0.717) is 18.2 Å². The number of halogens is 1. The van der Waals surface area contributed by atoms with Gasteiger partial charge >= 0.3 is 0 Å². The van der Waals surface area contributed by atoms with Gasteiger partial charge in [0, 0.05) is 24.3 Å². The van der Waals surface area contributed by atoms with Crippen molar-refractivity contribution in [3.63, 3.8) is 0 Å². The van der Waals surface area contributed by atoms with E-state index in [0.717, 1.165) is 16.9 Å². The molecule has 0 fully saturated rings. The second-order valence-corrected chi connectivity index (χ2v) is 6.19. The van der Waals surface area contributed by atoms with Gasteiger partial charge < -0.3 is 15.4 Å². The molecule has 0 aliphatic rings. The minimum Gasteiger partial charge on any atom is -0.496 e. The van der Waals surface area contributed by atoms with Crippen LogP contribution >= 0.6 is 0 Å². The molecule has 0 radical (unpaired) electrons. The van der Waals surface area contributed by atoms with Crippen LogP contribution in [0.25, 0.3) is 0 Å². The van der Waals surface area contributed by atoms with Crippen LogP contribution in [-0.2, 0) is 13.1 Å². The first-order valence-electron chi connectivity index (χ1n) is 8.79. The van der Waals surface area contributed by atoms with Crippen LogP contribution in [0.5, 0.6) is 5.75 Å². The number of aryl methyl sites for hydroxylation is 1. The third kappa shape index (κ3) is 5.03. The van der Waals surface area contributed by atoms with Crippen molar-refractivity contribution in [1.82, 2.24) is 15.3 Å². The van der Waals surface area contributed by atoms with Crippen molar-refractivity contribution in [2.75, 3.05) is 12.4 Å². The number of benzene rings is 2. The Hall–Kier alpha value is -3.48. The number of nitrogens with one attached hydrogen (secondary N) is 2. The third-order valence-corrected chi connectivity index (χ3v) is 4.08. The van der Waals surface area contributed by atoms with Gasteiger partial charge in [-0.2, -0.15) is 0 Å². The van der Waals surface area contributed by atoms with Crippen LogP contribution in [-0.4, -0.2) is 23.0 Å². The molecule has 144 valence electrons. The molecule has 0 atom stereocenters. The molecule has 3 rings (SSSR count). The van der Waals surface area contributed by atoms with Gasteiger partial charge in [-0.25, -0.2) is 14.4 Å². The molecule has 3 aromatic rings. The molecular formula is C21H21FN4O2. The van der Waals surface area contributed by atoms with E-state index in [4.69, 9.17) is 4.74 Å². The zero-order chi connectivity index (χ0) is 19.9. The lowest BCUT2D eigenvalue weighted by Crippen LogP contribution is -2.24. The molecule has 1 amide bonds. The number of amides is 1. The number of nitrogens with zero attached hydrogens (tertiary/aromatic N) is 2. The summed E-state index contributed by atoms with van der Waals surface area (Å²) in [5.41, 5.74) is 2.69. The lowest BCUT2D eigenvalue weighted by atomic mass is 10.2. The van der Waals surface area contributed by atoms with Crippen LogP contribution in [0.1, 0.15) is 27.3 Å². The zero-order valence-electron chi connectivity index (χ0n) is 15.7. The predicted molar refractivity (Wildman–Crippen MR) is 105 cm³/mol. The van der Waals surface area contributed by atoms with E-state index in [1.807, 2.05) is 24.3 Å². The molecule has 0 aliphatic heterocycles. The number of ether oxygens (including phenoxy) is 1. The average molecular weight is 380 g/mol. The second kappa shape index (κ2) is 8.94. The van der Waals surface area contributed by atoms with E-state index in [-0.39, 0.29) is 24.0 Å². The summed E-state index contributed by atoms with van der Waals surface area (Å²) in [5.74, 6) is 0.486. The summed E-state index contributed by atoms with van der Waals surface area (Å²) in [7, 11) is 1.62. The highest BCUT2D eigenvalue weighted by atomic mass is 19.1. The number of methoxy groups -OCH3 is 1. The van der Waals surface area contributed by atoms with Crippen LogP contribution in [0, 0.1) is 12.7 Å². The van der Waals surface area contributed by atoms with Crippen molar-refractivity contribution >= 4 is 11.9 Å². The van der Waals surface area contributed by atoms with Gasteiger partial charge in [0.15, 0.2) is 0 Å². The van der Waals surface area contributed by atoms with Gasteiger partial charge in [-0.1, -0.05) is 30.3 Å². The molecule has 1 aromatic heterocycles. The number of hydrogen-bond acceptors (Lipinski definition) is 5. The number of hydrogen-bond donors (Lipinski definition) is 2. The van der Waals surface area contributed by atoms with Gasteiger partial charge in [0.25, 0.3) is 5.91 Å². The number of rotatable bonds is 7. The molecule has 0 unspecified atom stereocenters. The van der Waals surface area contributed by atoms with Crippen LogP contribution in [0.2, 0.25) is 0 Å². The van der Waals surface area contributed by atoms with E-state index in [2.05, 4.69) is 20.6 Å². The first-order chi connectivity index (χ1) is 13.5. The minimum atomic E-state index is -0.324. The second-order valence-electron chi connectivity index (χ2n) is 6.19. The molecule has 7 heteroatoms. The highest BCUT2D eigenvalue weighted by molar-refractivity contribution is 5.92. The molecule has 0 aliphatic carbocycles. The number of anilines is 1. The van der Waals surface area contributed by atoms with Crippen molar-refractivity contribution in [3.05, 3.63) is 82.9 Å². The lowest BCUT2D eigenvalue weighted by Gasteiger charge is -2.11. The van der Waals surface area contributed by atoms with Crippen molar-refractivity contribution in [2.45, 2.75) is 20.0 Å². The number of aromatic nitrogens is 2. The van der Waals surface area contributed by atoms with Gasteiger partial charge in [0.05, 0.1) is 7.11 Å². The fourth-order valence-electron chi connectivity index (χ4n) is 2.66. The maximum atomic E-state index is 13.0. The van der Waals surface area contributed by atoms with Crippen LogP contribution in [0.15, 0.2) is 54.6 Å². The summed E-state index contributed by atoms with van der Waals surface area (Å²) in [6.07, 6.45) is 0. The van der Waals surface area contributed by atoms with Crippen molar-refractivity contribution in [3.8, 4) is 5.75 Å². The zero-order valence-corrected chi connectivity index (χ0v) is 15.7.